The minimum absolute atomic E-state index is 0.225. The fourth-order valence-corrected chi connectivity index (χ4v) is 3.48. The molecule has 146 valence electrons. The van der Waals surface area contributed by atoms with Gasteiger partial charge in [0.05, 0.1) is 11.4 Å². The highest BCUT2D eigenvalue weighted by Crippen LogP contribution is 2.24. The van der Waals surface area contributed by atoms with E-state index < -0.39 is 0 Å². The van der Waals surface area contributed by atoms with Crippen LogP contribution in [0.4, 0.5) is 5.13 Å². The summed E-state index contributed by atoms with van der Waals surface area (Å²) >= 11 is 7.05. The molecule has 9 heteroatoms. The van der Waals surface area contributed by atoms with Crippen LogP contribution in [0.5, 0.6) is 0 Å². The zero-order valence-electron chi connectivity index (χ0n) is 16.0. The highest BCUT2D eigenvalue weighted by molar-refractivity contribution is 7.10. The van der Waals surface area contributed by atoms with Crippen LogP contribution in [0.2, 0.25) is 5.02 Å². The van der Waals surface area contributed by atoms with E-state index in [1.165, 1.54) is 0 Å². The second-order valence-corrected chi connectivity index (χ2v) is 7.78. The van der Waals surface area contributed by atoms with Gasteiger partial charge in [0.15, 0.2) is 11.5 Å². The Hall–Kier alpha value is -3.10. The molecular weight excluding hydrogens is 408 g/mol. The quantitative estimate of drug-likeness (QED) is 0.516. The first-order valence-electron chi connectivity index (χ1n) is 8.83. The molecule has 0 radical (unpaired) electrons. The first kappa shape index (κ1) is 19.2. The molecule has 0 bridgehead atoms. The Morgan fingerprint density at radius 2 is 1.83 bits per heavy atom. The van der Waals surface area contributed by atoms with Gasteiger partial charge in [-0.15, -0.1) is 5.10 Å². The summed E-state index contributed by atoms with van der Waals surface area (Å²) in [6, 6.07) is 12.9. The highest BCUT2D eigenvalue weighted by atomic mass is 35.5. The summed E-state index contributed by atoms with van der Waals surface area (Å²) in [7, 11) is 0. The van der Waals surface area contributed by atoms with E-state index in [2.05, 4.69) is 25.0 Å². The summed E-state index contributed by atoms with van der Waals surface area (Å²) in [6.07, 6.45) is 0. The topological polar surface area (TPSA) is 85.6 Å². The Kier molecular flexibility index (Phi) is 5.12. The number of nitrogens with one attached hydrogen (secondary N) is 1. The van der Waals surface area contributed by atoms with Crippen LogP contribution in [-0.2, 0) is 0 Å². The third kappa shape index (κ3) is 3.90. The largest absolute Gasteiger partial charge is 0.297 e. The molecule has 1 N–H and O–H groups in total. The van der Waals surface area contributed by atoms with Crippen molar-refractivity contribution in [2.45, 2.75) is 20.8 Å². The van der Waals surface area contributed by atoms with Gasteiger partial charge in [-0.1, -0.05) is 22.9 Å². The van der Waals surface area contributed by atoms with E-state index in [1.807, 2.05) is 45.0 Å². The Balaban J connectivity index is 1.55. The first-order valence-corrected chi connectivity index (χ1v) is 9.98. The fourth-order valence-electron chi connectivity index (χ4n) is 2.79. The third-order valence-corrected chi connectivity index (χ3v) is 5.48. The van der Waals surface area contributed by atoms with E-state index >= 15 is 0 Å². The predicted octanol–water partition coefficient (Wildman–Crippen LogP) is 4.62. The minimum atomic E-state index is -0.225. The molecule has 2 aromatic carbocycles. The normalized spacial score (nSPS) is 10.9. The van der Waals surface area contributed by atoms with E-state index in [9.17, 15) is 4.79 Å². The van der Waals surface area contributed by atoms with Crippen LogP contribution < -0.4 is 5.32 Å². The molecule has 0 fully saturated rings. The summed E-state index contributed by atoms with van der Waals surface area (Å²) in [6.45, 7) is 5.87. The molecule has 1 amide bonds. The molecule has 4 aromatic rings. The fraction of sp³-hybridized carbons (Fsp3) is 0.150. The van der Waals surface area contributed by atoms with Crippen LogP contribution in [0.3, 0.4) is 0 Å². The van der Waals surface area contributed by atoms with Crippen LogP contribution >= 0.6 is 23.1 Å². The number of aromatic nitrogens is 5. The number of rotatable bonds is 4. The van der Waals surface area contributed by atoms with Crippen LogP contribution in [0.25, 0.3) is 17.2 Å². The third-order valence-electron chi connectivity index (χ3n) is 4.59. The SMILES string of the molecule is Cc1ccc(C(=O)Nc2nc(-c3nnn(-c4ccc(Cl)cc4)c3C)ns2)cc1C. The number of anilines is 1. The molecule has 0 unspecified atom stereocenters. The lowest BCUT2D eigenvalue weighted by Gasteiger charge is -2.04. The number of carbonyl (C=O) groups excluding carboxylic acids is 1. The molecule has 0 spiro atoms. The van der Waals surface area contributed by atoms with Crippen molar-refractivity contribution in [2.24, 2.45) is 0 Å². The maximum absolute atomic E-state index is 12.5. The van der Waals surface area contributed by atoms with Gasteiger partial charge < -0.3 is 0 Å². The predicted molar refractivity (Wildman–Crippen MR) is 114 cm³/mol. The van der Waals surface area contributed by atoms with Crippen LogP contribution in [-0.4, -0.2) is 30.3 Å². The zero-order chi connectivity index (χ0) is 20.5. The molecule has 4 rings (SSSR count). The van der Waals surface area contributed by atoms with Crippen molar-refractivity contribution in [1.82, 2.24) is 24.4 Å². The molecule has 2 aromatic heterocycles. The Labute approximate surface area is 176 Å². The number of benzene rings is 2. The smallest absolute Gasteiger partial charge is 0.257 e. The lowest BCUT2D eigenvalue weighted by molar-refractivity contribution is 0.102. The van der Waals surface area contributed by atoms with Crippen LogP contribution in [0.1, 0.15) is 27.2 Å². The Morgan fingerprint density at radius 1 is 1.07 bits per heavy atom. The molecular formula is C20H17ClN6OS. The molecule has 0 saturated carbocycles. The summed E-state index contributed by atoms with van der Waals surface area (Å²) in [5.74, 6) is 0.195. The second-order valence-electron chi connectivity index (χ2n) is 6.59. The number of hydrogen-bond donors (Lipinski definition) is 1. The molecule has 29 heavy (non-hydrogen) atoms. The van der Waals surface area contributed by atoms with Gasteiger partial charge >= 0.3 is 0 Å². The molecule has 2 heterocycles. The number of halogens is 1. The molecule has 0 aliphatic rings. The average Bonchev–Trinajstić information content (AvgIpc) is 3.31. The zero-order valence-corrected chi connectivity index (χ0v) is 17.5. The van der Waals surface area contributed by atoms with Crippen molar-refractivity contribution in [3.8, 4) is 17.2 Å². The van der Waals surface area contributed by atoms with Gasteiger partial charge in [0, 0.05) is 22.1 Å². The molecule has 0 atom stereocenters. The molecule has 0 saturated heterocycles. The van der Waals surface area contributed by atoms with Gasteiger partial charge in [-0.3, -0.25) is 10.1 Å². The number of amides is 1. The van der Waals surface area contributed by atoms with Crippen molar-refractivity contribution in [3.05, 3.63) is 69.9 Å². The van der Waals surface area contributed by atoms with Gasteiger partial charge in [-0.2, -0.15) is 9.36 Å². The monoisotopic (exact) mass is 424 g/mol. The molecule has 7 nitrogen and oxygen atoms in total. The van der Waals surface area contributed by atoms with Crippen molar-refractivity contribution in [1.29, 1.82) is 0 Å². The van der Waals surface area contributed by atoms with E-state index in [0.29, 0.717) is 27.2 Å². The summed E-state index contributed by atoms with van der Waals surface area (Å²) in [5, 5.41) is 12.2. The Bertz CT molecular complexity index is 1200. The van der Waals surface area contributed by atoms with E-state index in [1.54, 1.807) is 22.9 Å². The molecule has 0 aliphatic carbocycles. The Morgan fingerprint density at radius 3 is 2.55 bits per heavy atom. The minimum Gasteiger partial charge on any atom is -0.297 e. The lowest BCUT2D eigenvalue weighted by atomic mass is 10.1. The number of carbonyl (C=O) groups is 1. The van der Waals surface area contributed by atoms with Crippen molar-refractivity contribution >= 4 is 34.2 Å². The van der Waals surface area contributed by atoms with Gasteiger partial charge in [0.25, 0.3) is 5.91 Å². The van der Waals surface area contributed by atoms with Gasteiger partial charge in [0.1, 0.15) is 0 Å². The average molecular weight is 425 g/mol. The maximum atomic E-state index is 12.5. The second kappa shape index (κ2) is 7.73. The lowest BCUT2D eigenvalue weighted by Crippen LogP contribution is -2.12. The summed E-state index contributed by atoms with van der Waals surface area (Å²) < 4.78 is 6.02. The maximum Gasteiger partial charge on any atom is 0.257 e. The van der Waals surface area contributed by atoms with E-state index in [4.69, 9.17) is 11.6 Å². The first-order chi connectivity index (χ1) is 13.9. The highest BCUT2D eigenvalue weighted by Gasteiger charge is 2.18. The van der Waals surface area contributed by atoms with Gasteiger partial charge in [0.2, 0.25) is 5.13 Å². The standard InChI is InChI=1S/C20H17ClN6OS/c1-11-4-5-14(10-12(11)2)19(28)23-20-22-18(25-29-20)17-13(3)27(26-24-17)16-8-6-15(21)7-9-16/h4-10H,1-3H3,(H,22,23,25,28). The van der Waals surface area contributed by atoms with E-state index in [-0.39, 0.29) is 5.91 Å². The number of hydrogen-bond acceptors (Lipinski definition) is 6. The number of aryl methyl sites for hydroxylation is 2. The van der Waals surface area contributed by atoms with Gasteiger partial charge in [-0.25, -0.2) is 4.68 Å². The summed E-state index contributed by atoms with van der Waals surface area (Å²) in [5.41, 5.74) is 4.96. The molecule has 0 aliphatic heterocycles. The van der Waals surface area contributed by atoms with E-state index in [0.717, 1.165) is 34.0 Å². The van der Waals surface area contributed by atoms with Crippen LogP contribution in [0, 0.1) is 20.8 Å². The summed E-state index contributed by atoms with van der Waals surface area (Å²) in [4.78, 5) is 16.9. The number of nitrogens with zero attached hydrogens (tertiary/aromatic N) is 5. The van der Waals surface area contributed by atoms with Crippen molar-refractivity contribution in [2.75, 3.05) is 5.32 Å². The van der Waals surface area contributed by atoms with Gasteiger partial charge in [-0.05, 0) is 68.3 Å². The van der Waals surface area contributed by atoms with Crippen molar-refractivity contribution in [3.63, 3.8) is 0 Å². The van der Waals surface area contributed by atoms with Crippen LogP contribution in [0.15, 0.2) is 42.5 Å². The van der Waals surface area contributed by atoms with Crippen molar-refractivity contribution < 1.29 is 4.79 Å².